The van der Waals surface area contributed by atoms with Crippen molar-refractivity contribution in [1.29, 1.82) is 0 Å². The molecule has 0 radical (unpaired) electrons. The van der Waals surface area contributed by atoms with Gasteiger partial charge >= 0.3 is 5.97 Å². The molecule has 2 N–H and O–H groups in total. The van der Waals surface area contributed by atoms with Crippen molar-refractivity contribution < 1.29 is 14.3 Å². The topological polar surface area (TPSA) is 59.6 Å². The molecule has 0 bridgehead atoms. The summed E-state index contributed by atoms with van der Waals surface area (Å²) in [5, 5.41) is 6.73. The van der Waals surface area contributed by atoms with Gasteiger partial charge in [0.15, 0.2) is 0 Å². The number of esters is 1. The Labute approximate surface area is 126 Å². The number of hydrogen-bond donors (Lipinski definition) is 2. The highest BCUT2D eigenvalue weighted by Gasteiger charge is 2.46. The molecule has 1 aromatic carbocycles. The fraction of sp³-hybridized carbons (Fsp3) is 0.562. The van der Waals surface area contributed by atoms with Crippen molar-refractivity contribution in [3.05, 3.63) is 24.3 Å². The minimum absolute atomic E-state index is 0.136. The summed E-state index contributed by atoms with van der Waals surface area (Å²) in [7, 11) is 1.63. The van der Waals surface area contributed by atoms with Gasteiger partial charge in [-0.25, -0.2) is 4.79 Å². The molecule has 1 aliphatic rings. The molecule has 2 unspecified atom stereocenters. The fourth-order valence-corrected chi connectivity index (χ4v) is 2.78. The van der Waals surface area contributed by atoms with Crippen LogP contribution >= 0.6 is 0 Å². The Morgan fingerprint density at radius 2 is 2.33 bits per heavy atom. The first-order valence-corrected chi connectivity index (χ1v) is 7.42. The molecule has 0 spiro atoms. The Morgan fingerprint density at radius 1 is 1.52 bits per heavy atom. The van der Waals surface area contributed by atoms with Crippen molar-refractivity contribution in [3.8, 4) is 5.75 Å². The molecule has 2 atom stereocenters. The lowest BCUT2D eigenvalue weighted by Crippen LogP contribution is -2.59. The number of rotatable bonds is 5. The summed E-state index contributed by atoms with van der Waals surface area (Å²) in [6.07, 6.45) is 0.699. The molecule has 1 aromatic rings. The second-order valence-corrected chi connectivity index (χ2v) is 5.40. The van der Waals surface area contributed by atoms with E-state index in [1.807, 2.05) is 31.2 Å². The highest BCUT2D eigenvalue weighted by Crippen LogP contribution is 2.31. The van der Waals surface area contributed by atoms with Gasteiger partial charge in [0, 0.05) is 24.2 Å². The number of benzene rings is 1. The van der Waals surface area contributed by atoms with E-state index in [9.17, 15) is 4.79 Å². The Balaban J connectivity index is 2.28. The van der Waals surface area contributed by atoms with Gasteiger partial charge in [0.1, 0.15) is 11.3 Å². The van der Waals surface area contributed by atoms with E-state index in [2.05, 4.69) is 17.6 Å². The second kappa shape index (κ2) is 6.80. The molecule has 21 heavy (non-hydrogen) atoms. The van der Waals surface area contributed by atoms with Crippen LogP contribution in [0.3, 0.4) is 0 Å². The van der Waals surface area contributed by atoms with Crippen LogP contribution in [-0.2, 0) is 9.53 Å². The number of nitrogens with one attached hydrogen (secondary N) is 2. The van der Waals surface area contributed by atoms with E-state index in [1.165, 1.54) is 0 Å². The highest BCUT2D eigenvalue weighted by molar-refractivity contribution is 5.85. The number of piperidine rings is 1. The normalized spacial score (nSPS) is 25.2. The smallest absolute Gasteiger partial charge is 0.332 e. The molecular weight excluding hydrogens is 268 g/mol. The van der Waals surface area contributed by atoms with Gasteiger partial charge in [-0.3, -0.25) is 0 Å². The molecule has 0 aromatic heterocycles. The largest absolute Gasteiger partial charge is 0.497 e. The Morgan fingerprint density at radius 3 is 3.00 bits per heavy atom. The number of methoxy groups -OCH3 is 1. The summed E-state index contributed by atoms with van der Waals surface area (Å²) in [6, 6.07) is 7.63. The van der Waals surface area contributed by atoms with Gasteiger partial charge in [0.05, 0.1) is 13.7 Å². The molecular formula is C16H24N2O3. The predicted molar refractivity (Wildman–Crippen MR) is 82.6 cm³/mol. The van der Waals surface area contributed by atoms with E-state index >= 15 is 0 Å². The Hall–Kier alpha value is -1.75. The van der Waals surface area contributed by atoms with Crippen LogP contribution in [0.5, 0.6) is 5.75 Å². The van der Waals surface area contributed by atoms with Crippen molar-refractivity contribution in [2.45, 2.75) is 25.8 Å². The quantitative estimate of drug-likeness (QED) is 0.813. The van der Waals surface area contributed by atoms with E-state index in [1.54, 1.807) is 7.11 Å². The lowest BCUT2D eigenvalue weighted by Gasteiger charge is -2.41. The van der Waals surface area contributed by atoms with Crippen LogP contribution in [0.4, 0.5) is 5.69 Å². The maximum atomic E-state index is 12.5. The molecule has 116 valence electrons. The zero-order valence-electron chi connectivity index (χ0n) is 12.9. The minimum Gasteiger partial charge on any atom is -0.497 e. The van der Waals surface area contributed by atoms with E-state index in [-0.39, 0.29) is 11.9 Å². The third-order valence-electron chi connectivity index (χ3n) is 4.06. The summed E-state index contributed by atoms with van der Waals surface area (Å²) in [5.41, 5.74) is 0.185. The zero-order valence-corrected chi connectivity index (χ0v) is 12.9. The lowest BCUT2D eigenvalue weighted by molar-refractivity contribution is -0.151. The number of hydrogen-bond acceptors (Lipinski definition) is 5. The summed E-state index contributed by atoms with van der Waals surface area (Å²) in [6.45, 7) is 5.87. The van der Waals surface area contributed by atoms with Gasteiger partial charge in [-0.1, -0.05) is 13.0 Å². The minimum atomic E-state index is -0.687. The average molecular weight is 292 g/mol. The van der Waals surface area contributed by atoms with Crippen molar-refractivity contribution in [2.75, 3.05) is 32.1 Å². The molecule has 5 nitrogen and oxygen atoms in total. The van der Waals surface area contributed by atoms with Crippen molar-refractivity contribution >= 4 is 11.7 Å². The monoisotopic (exact) mass is 292 g/mol. The molecule has 1 aliphatic heterocycles. The van der Waals surface area contributed by atoms with Crippen molar-refractivity contribution in [2.24, 2.45) is 5.92 Å². The van der Waals surface area contributed by atoms with Crippen LogP contribution in [-0.4, -0.2) is 38.3 Å². The molecule has 1 saturated heterocycles. The van der Waals surface area contributed by atoms with Crippen LogP contribution in [0.1, 0.15) is 20.3 Å². The third-order valence-corrected chi connectivity index (χ3v) is 4.06. The standard InChI is InChI=1S/C16H24N2O3/c1-4-21-15(19)16(8-9-17-11-12(16)2)18-13-6-5-7-14(10-13)20-3/h5-7,10,12,17-18H,4,8-9,11H2,1-3H3. The van der Waals surface area contributed by atoms with Crippen LogP contribution in [0.2, 0.25) is 0 Å². The van der Waals surface area contributed by atoms with Crippen LogP contribution in [0.15, 0.2) is 24.3 Å². The summed E-state index contributed by atoms with van der Waals surface area (Å²) >= 11 is 0. The zero-order chi connectivity index (χ0) is 15.3. The van der Waals surface area contributed by atoms with E-state index < -0.39 is 5.54 Å². The first kappa shape index (κ1) is 15.6. The lowest BCUT2D eigenvalue weighted by atomic mass is 9.79. The number of anilines is 1. The molecule has 1 fully saturated rings. The van der Waals surface area contributed by atoms with Crippen LogP contribution in [0.25, 0.3) is 0 Å². The SMILES string of the molecule is CCOC(=O)C1(Nc2cccc(OC)c2)CCNCC1C. The molecule has 0 amide bonds. The fourth-order valence-electron chi connectivity index (χ4n) is 2.78. The van der Waals surface area contributed by atoms with Gasteiger partial charge in [-0.15, -0.1) is 0 Å². The maximum Gasteiger partial charge on any atom is 0.332 e. The van der Waals surface area contributed by atoms with Gasteiger partial charge in [-0.2, -0.15) is 0 Å². The van der Waals surface area contributed by atoms with Crippen LogP contribution in [0, 0.1) is 5.92 Å². The van der Waals surface area contributed by atoms with Gasteiger partial charge in [0.2, 0.25) is 0 Å². The van der Waals surface area contributed by atoms with Crippen LogP contribution < -0.4 is 15.4 Å². The Bertz CT molecular complexity index is 492. The second-order valence-electron chi connectivity index (χ2n) is 5.40. The van der Waals surface area contributed by atoms with Gasteiger partial charge in [-0.05, 0) is 32.0 Å². The number of carbonyl (C=O) groups excluding carboxylic acids is 1. The first-order chi connectivity index (χ1) is 10.1. The van der Waals surface area contributed by atoms with E-state index in [0.29, 0.717) is 13.0 Å². The van der Waals surface area contributed by atoms with E-state index in [4.69, 9.17) is 9.47 Å². The first-order valence-electron chi connectivity index (χ1n) is 7.42. The average Bonchev–Trinajstić information content (AvgIpc) is 2.50. The summed E-state index contributed by atoms with van der Waals surface area (Å²) in [4.78, 5) is 12.5. The predicted octanol–water partition coefficient (Wildman–Crippen LogP) is 2.04. The Kier molecular flexibility index (Phi) is 5.07. The van der Waals surface area contributed by atoms with Crippen molar-refractivity contribution in [1.82, 2.24) is 5.32 Å². The summed E-state index contributed by atoms with van der Waals surface area (Å²) < 4.78 is 10.6. The van der Waals surface area contributed by atoms with Crippen molar-refractivity contribution in [3.63, 3.8) is 0 Å². The molecule has 0 saturated carbocycles. The highest BCUT2D eigenvalue weighted by atomic mass is 16.5. The van der Waals surface area contributed by atoms with E-state index in [0.717, 1.165) is 24.5 Å². The molecule has 2 rings (SSSR count). The molecule has 0 aliphatic carbocycles. The number of carbonyl (C=O) groups is 1. The van der Waals surface area contributed by atoms with Gasteiger partial charge < -0.3 is 20.1 Å². The van der Waals surface area contributed by atoms with Gasteiger partial charge in [0.25, 0.3) is 0 Å². The molecule has 1 heterocycles. The third kappa shape index (κ3) is 3.29. The molecule has 5 heteroatoms. The number of ether oxygens (including phenoxy) is 2. The maximum absolute atomic E-state index is 12.5. The summed E-state index contributed by atoms with van der Waals surface area (Å²) in [5.74, 6) is 0.721.